The summed E-state index contributed by atoms with van der Waals surface area (Å²) in [6.07, 6.45) is 0.942. The van der Waals surface area contributed by atoms with Gasteiger partial charge in [-0.15, -0.1) is 0 Å². The van der Waals surface area contributed by atoms with Crippen LogP contribution in [0.3, 0.4) is 0 Å². The van der Waals surface area contributed by atoms with Crippen molar-refractivity contribution in [3.63, 3.8) is 0 Å². The molecule has 0 saturated carbocycles. The van der Waals surface area contributed by atoms with Gasteiger partial charge in [-0.25, -0.2) is 4.79 Å². The van der Waals surface area contributed by atoms with Crippen LogP contribution in [0, 0.1) is 0 Å². The predicted octanol–water partition coefficient (Wildman–Crippen LogP) is 3.74. The van der Waals surface area contributed by atoms with E-state index in [1.807, 2.05) is 30.3 Å². The number of rotatable bonds is 3. The molecule has 2 aromatic rings. The fraction of sp³-hybridized carbons (Fsp3) is 0.235. The summed E-state index contributed by atoms with van der Waals surface area (Å²) < 4.78 is 0. The Labute approximate surface area is 135 Å². The Morgan fingerprint density at radius 3 is 2.73 bits per heavy atom. The molecule has 2 aromatic carbocycles. The van der Waals surface area contributed by atoms with Gasteiger partial charge in [-0.05, 0) is 36.8 Å². The summed E-state index contributed by atoms with van der Waals surface area (Å²) in [5.41, 5.74) is 1.89. The zero-order chi connectivity index (χ0) is 15.4. The number of hydrogen-bond acceptors (Lipinski definition) is 2. The molecular weight excluding hydrogens is 298 g/mol. The molecule has 2 N–H and O–H groups in total. The Kier molecular flexibility index (Phi) is 4.49. The van der Waals surface area contributed by atoms with Gasteiger partial charge in [0.1, 0.15) is 0 Å². The highest BCUT2D eigenvalue weighted by Crippen LogP contribution is 2.20. The van der Waals surface area contributed by atoms with Gasteiger partial charge in [-0.2, -0.15) is 0 Å². The van der Waals surface area contributed by atoms with E-state index in [9.17, 15) is 4.79 Å². The van der Waals surface area contributed by atoms with Gasteiger partial charge in [0.15, 0.2) is 0 Å². The summed E-state index contributed by atoms with van der Waals surface area (Å²) in [5, 5.41) is 6.43. The van der Waals surface area contributed by atoms with Crippen molar-refractivity contribution < 1.29 is 4.79 Å². The van der Waals surface area contributed by atoms with Gasteiger partial charge in [0.05, 0.1) is 0 Å². The third-order valence-corrected chi connectivity index (χ3v) is 3.96. The van der Waals surface area contributed by atoms with E-state index >= 15 is 0 Å². The van der Waals surface area contributed by atoms with Crippen LogP contribution in [0.2, 0.25) is 5.02 Å². The molecule has 2 amide bonds. The molecule has 0 aliphatic carbocycles. The molecule has 1 heterocycles. The van der Waals surface area contributed by atoms with Gasteiger partial charge in [0, 0.05) is 35.5 Å². The summed E-state index contributed by atoms with van der Waals surface area (Å²) in [7, 11) is 0. The van der Waals surface area contributed by atoms with E-state index in [-0.39, 0.29) is 12.1 Å². The van der Waals surface area contributed by atoms with Gasteiger partial charge >= 0.3 is 6.03 Å². The first kappa shape index (κ1) is 14.7. The topological polar surface area (TPSA) is 44.4 Å². The van der Waals surface area contributed by atoms with Crippen LogP contribution in [0.25, 0.3) is 0 Å². The molecule has 1 aliphatic rings. The van der Waals surface area contributed by atoms with Gasteiger partial charge in [-0.3, -0.25) is 0 Å². The number of anilines is 2. The molecule has 5 heteroatoms. The number of carbonyl (C=O) groups excluding carboxylic acids is 1. The molecule has 1 atom stereocenters. The predicted molar refractivity (Wildman–Crippen MR) is 90.7 cm³/mol. The van der Waals surface area contributed by atoms with Gasteiger partial charge in [0.2, 0.25) is 0 Å². The highest BCUT2D eigenvalue weighted by atomic mass is 35.5. The number of urea groups is 1. The lowest BCUT2D eigenvalue weighted by Gasteiger charge is -2.19. The monoisotopic (exact) mass is 315 g/mol. The lowest BCUT2D eigenvalue weighted by Crippen LogP contribution is -2.39. The summed E-state index contributed by atoms with van der Waals surface area (Å²) in [6, 6.07) is 17.3. The summed E-state index contributed by atoms with van der Waals surface area (Å²) in [6.45, 7) is 1.78. The molecule has 0 aromatic heterocycles. The molecule has 0 bridgehead atoms. The Morgan fingerprint density at radius 1 is 1.14 bits per heavy atom. The van der Waals surface area contributed by atoms with Crippen molar-refractivity contribution in [1.82, 2.24) is 5.32 Å². The third kappa shape index (κ3) is 3.71. The molecule has 0 spiro atoms. The van der Waals surface area contributed by atoms with Crippen LogP contribution in [0.4, 0.5) is 16.2 Å². The molecule has 1 aliphatic heterocycles. The fourth-order valence-corrected chi connectivity index (χ4v) is 2.86. The van der Waals surface area contributed by atoms with E-state index < -0.39 is 0 Å². The number of nitrogens with zero attached hydrogens (tertiary/aromatic N) is 1. The minimum atomic E-state index is -0.192. The van der Waals surface area contributed by atoms with Crippen LogP contribution in [0.5, 0.6) is 0 Å². The van der Waals surface area contributed by atoms with Crippen LogP contribution >= 0.6 is 11.6 Å². The standard InChI is InChI=1S/C17H18ClN3O/c18-13-5-4-6-14(11-13)19-17(22)20-15-9-10-21(12-15)16-7-2-1-3-8-16/h1-8,11,15H,9-10,12H2,(H2,19,20,22). The maximum absolute atomic E-state index is 12.0. The summed E-state index contributed by atoms with van der Waals surface area (Å²) >= 11 is 5.91. The molecular formula is C17H18ClN3O. The van der Waals surface area contributed by atoms with Crippen molar-refractivity contribution in [2.24, 2.45) is 0 Å². The average Bonchev–Trinajstić information content (AvgIpc) is 2.96. The molecule has 1 saturated heterocycles. The quantitative estimate of drug-likeness (QED) is 0.906. The highest BCUT2D eigenvalue weighted by Gasteiger charge is 2.23. The van der Waals surface area contributed by atoms with Crippen LogP contribution in [-0.2, 0) is 0 Å². The van der Waals surface area contributed by atoms with Crippen LogP contribution < -0.4 is 15.5 Å². The van der Waals surface area contributed by atoms with Crippen molar-refractivity contribution in [1.29, 1.82) is 0 Å². The molecule has 0 radical (unpaired) electrons. The molecule has 1 unspecified atom stereocenters. The van der Waals surface area contributed by atoms with Gasteiger partial charge < -0.3 is 15.5 Å². The minimum Gasteiger partial charge on any atom is -0.369 e. The van der Waals surface area contributed by atoms with Crippen LogP contribution in [-0.4, -0.2) is 25.2 Å². The Hall–Kier alpha value is -2.20. The number of hydrogen-bond donors (Lipinski definition) is 2. The normalized spacial score (nSPS) is 17.3. The van der Waals surface area contributed by atoms with Crippen molar-refractivity contribution in [3.05, 3.63) is 59.6 Å². The fourth-order valence-electron chi connectivity index (χ4n) is 2.67. The van der Waals surface area contributed by atoms with E-state index in [0.717, 1.165) is 19.5 Å². The van der Waals surface area contributed by atoms with E-state index in [0.29, 0.717) is 10.7 Å². The number of nitrogens with one attached hydrogen (secondary N) is 2. The zero-order valence-corrected chi connectivity index (χ0v) is 12.9. The molecule has 114 valence electrons. The Balaban J connectivity index is 1.53. The largest absolute Gasteiger partial charge is 0.369 e. The average molecular weight is 316 g/mol. The maximum Gasteiger partial charge on any atom is 0.319 e. The number of para-hydroxylation sites is 1. The number of carbonyl (C=O) groups is 1. The molecule has 4 nitrogen and oxygen atoms in total. The lowest BCUT2D eigenvalue weighted by atomic mass is 10.2. The minimum absolute atomic E-state index is 0.152. The van der Waals surface area contributed by atoms with Gasteiger partial charge in [-0.1, -0.05) is 35.9 Å². The Morgan fingerprint density at radius 2 is 1.95 bits per heavy atom. The molecule has 1 fully saturated rings. The second-order valence-electron chi connectivity index (χ2n) is 5.38. The SMILES string of the molecule is O=C(Nc1cccc(Cl)c1)NC1CCN(c2ccccc2)C1. The molecule has 3 rings (SSSR count). The zero-order valence-electron chi connectivity index (χ0n) is 12.1. The second-order valence-corrected chi connectivity index (χ2v) is 5.81. The first-order valence-electron chi connectivity index (χ1n) is 7.34. The van der Waals surface area contributed by atoms with Crippen molar-refractivity contribution in [2.45, 2.75) is 12.5 Å². The van der Waals surface area contributed by atoms with Crippen molar-refractivity contribution in [2.75, 3.05) is 23.3 Å². The summed E-state index contributed by atoms with van der Waals surface area (Å²) in [5.74, 6) is 0. The first-order valence-corrected chi connectivity index (χ1v) is 7.71. The second kappa shape index (κ2) is 6.71. The van der Waals surface area contributed by atoms with Crippen LogP contribution in [0.1, 0.15) is 6.42 Å². The molecule has 22 heavy (non-hydrogen) atoms. The highest BCUT2D eigenvalue weighted by molar-refractivity contribution is 6.30. The number of halogens is 1. The van der Waals surface area contributed by atoms with Gasteiger partial charge in [0.25, 0.3) is 0 Å². The van der Waals surface area contributed by atoms with E-state index in [1.165, 1.54) is 5.69 Å². The Bertz CT molecular complexity index is 647. The third-order valence-electron chi connectivity index (χ3n) is 3.73. The van der Waals surface area contributed by atoms with E-state index in [2.05, 4.69) is 27.7 Å². The van der Waals surface area contributed by atoms with E-state index in [1.54, 1.807) is 12.1 Å². The maximum atomic E-state index is 12.0. The lowest BCUT2D eigenvalue weighted by molar-refractivity contribution is 0.249. The number of benzene rings is 2. The smallest absolute Gasteiger partial charge is 0.319 e. The van der Waals surface area contributed by atoms with Crippen LogP contribution in [0.15, 0.2) is 54.6 Å². The first-order chi connectivity index (χ1) is 10.7. The number of amides is 2. The van der Waals surface area contributed by atoms with E-state index in [4.69, 9.17) is 11.6 Å². The van der Waals surface area contributed by atoms with Crippen molar-refractivity contribution in [3.8, 4) is 0 Å². The van der Waals surface area contributed by atoms with Crippen molar-refractivity contribution >= 4 is 29.0 Å². The summed E-state index contributed by atoms with van der Waals surface area (Å²) in [4.78, 5) is 14.3.